The van der Waals surface area contributed by atoms with Crippen molar-refractivity contribution in [2.45, 2.75) is 45.4 Å². The first-order valence-corrected chi connectivity index (χ1v) is 6.60. The molecular formula is C15H23N3O. The molecule has 2 N–H and O–H groups in total. The molecule has 0 aliphatic carbocycles. The van der Waals surface area contributed by atoms with Crippen LogP contribution in [0, 0.1) is 0 Å². The molecule has 19 heavy (non-hydrogen) atoms. The van der Waals surface area contributed by atoms with Crippen molar-refractivity contribution < 1.29 is 5.11 Å². The molecule has 0 spiro atoms. The molecular weight excluding hydrogens is 238 g/mol. The highest BCUT2D eigenvalue weighted by Crippen LogP contribution is 2.22. The van der Waals surface area contributed by atoms with Crippen LogP contribution >= 0.6 is 0 Å². The predicted octanol–water partition coefficient (Wildman–Crippen LogP) is 2.21. The quantitative estimate of drug-likeness (QED) is 0.887. The smallest absolute Gasteiger partial charge is 0.0841 e. The Morgan fingerprint density at radius 2 is 1.84 bits per heavy atom. The Bertz CT molecular complexity index is 579. The van der Waals surface area contributed by atoms with E-state index in [0.717, 1.165) is 16.6 Å². The standard InChI is InChI=1S/C15H23N3O/c1-14(2,15(3,4)19)16-10-12-11-8-6-7-9-13(11)18(5)17-12/h6-9,16,19H,10H2,1-5H3. The van der Waals surface area contributed by atoms with Gasteiger partial charge in [0.2, 0.25) is 0 Å². The van der Waals surface area contributed by atoms with Gasteiger partial charge in [0.05, 0.1) is 16.8 Å². The average Bonchev–Trinajstić information content (AvgIpc) is 2.63. The molecule has 0 saturated carbocycles. The van der Waals surface area contributed by atoms with Gasteiger partial charge in [0.25, 0.3) is 0 Å². The summed E-state index contributed by atoms with van der Waals surface area (Å²) >= 11 is 0. The summed E-state index contributed by atoms with van der Waals surface area (Å²) in [5, 5.41) is 19.3. The molecule has 0 atom stereocenters. The van der Waals surface area contributed by atoms with Crippen LogP contribution in [0.3, 0.4) is 0 Å². The van der Waals surface area contributed by atoms with Crippen molar-refractivity contribution in [3.05, 3.63) is 30.0 Å². The maximum Gasteiger partial charge on any atom is 0.0841 e. The maximum absolute atomic E-state index is 10.2. The third kappa shape index (κ3) is 2.65. The van der Waals surface area contributed by atoms with Crippen LogP contribution in [0.2, 0.25) is 0 Å². The van der Waals surface area contributed by atoms with Gasteiger partial charge in [-0.1, -0.05) is 18.2 Å². The normalized spacial score (nSPS) is 13.2. The number of rotatable bonds is 4. The molecule has 4 heteroatoms. The van der Waals surface area contributed by atoms with E-state index in [-0.39, 0.29) is 5.54 Å². The number of benzene rings is 1. The molecule has 1 aromatic heterocycles. The zero-order valence-corrected chi connectivity index (χ0v) is 12.4. The van der Waals surface area contributed by atoms with E-state index in [1.54, 1.807) is 0 Å². The molecule has 1 aromatic carbocycles. The fourth-order valence-corrected chi connectivity index (χ4v) is 1.94. The molecule has 0 aliphatic rings. The van der Waals surface area contributed by atoms with Crippen LogP contribution in [0.25, 0.3) is 10.9 Å². The molecule has 0 bridgehead atoms. The first-order chi connectivity index (χ1) is 8.72. The highest BCUT2D eigenvalue weighted by Gasteiger charge is 2.34. The van der Waals surface area contributed by atoms with Crippen molar-refractivity contribution in [3.8, 4) is 0 Å². The molecule has 4 nitrogen and oxygen atoms in total. The minimum absolute atomic E-state index is 0.383. The summed E-state index contributed by atoms with van der Waals surface area (Å²) in [6.07, 6.45) is 0. The van der Waals surface area contributed by atoms with Crippen molar-refractivity contribution in [2.24, 2.45) is 7.05 Å². The zero-order chi connectivity index (χ0) is 14.3. The Hall–Kier alpha value is -1.39. The third-order valence-corrected chi connectivity index (χ3v) is 4.06. The molecule has 2 rings (SSSR count). The highest BCUT2D eigenvalue weighted by atomic mass is 16.3. The van der Waals surface area contributed by atoms with Crippen molar-refractivity contribution in [3.63, 3.8) is 0 Å². The highest BCUT2D eigenvalue weighted by molar-refractivity contribution is 5.81. The number of nitrogens with zero attached hydrogens (tertiary/aromatic N) is 2. The summed E-state index contributed by atoms with van der Waals surface area (Å²) in [6.45, 7) is 8.27. The lowest BCUT2D eigenvalue weighted by molar-refractivity contribution is -0.00542. The number of para-hydroxylation sites is 1. The van der Waals surface area contributed by atoms with E-state index in [0.29, 0.717) is 6.54 Å². The van der Waals surface area contributed by atoms with Gasteiger partial charge in [-0.3, -0.25) is 4.68 Å². The minimum Gasteiger partial charge on any atom is -0.389 e. The molecule has 104 valence electrons. The summed E-state index contributed by atoms with van der Waals surface area (Å²) in [5.74, 6) is 0. The Kier molecular flexibility index (Phi) is 3.41. The fourth-order valence-electron chi connectivity index (χ4n) is 1.94. The number of aromatic nitrogens is 2. The van der Waals surface area contributed by atoms with Crippen LogP contribution in [0.1, 0.15) is 33.4 Å². The van der Waals surface area contributed by atoms with E-state index in [1.807, 2.05) is 51.6 Å². The molecule has 0 fully saturated rings. The van der Waals surface area contributed by atoms with Gasteiger partial charge < -0.3 is 10.4 Å². The van der Waals surface area contributed by atoms with E-state index in [4.69, 9.17) is 0 Å². The van der Waals surface area contributed by atoms with E-state index < -0.39 is 5.60 Å². The minimum atomic E-state index is -0.794. The Morgan fingerprint density at radius 3 is 2.47 bits per heavy atom. The number of aliphatic hydroxyl groups is 1. The largest absolute Gasteiger partial charge is 0.389 e. The van der Waals surface area contributed by atoms with Crippen LogP contribution in [-0.2, 0) is 13.6 Å². The van der Waals surface area contributed by atoms with E-state index >= 15 is 0 Å². The number of nitrogens with one attached hydrogen (secondary N) is 1. The van der Waals surface area contributed by atoms with E-state index in [1.165, 1.54) is 0 Å². The van der Waals surface area contributed by atoms with Crippen LogP contribution in [0.15, 0.2) is 24.3 Å². The molecule has 2 aromatic rings. The number of hydrogen-bond acceptors (Lipinski definition) is 3. The summed E-state index contributed by atoms with van der Waals surface area (Å²) in [4.78, 5) is 0. The Labute approximate surface area is 114 Å². The van der Waals surface area contributed by atoms with Crippen LogP contribution in [-0.4, -0.2) is 26.0 Å². The van der Waals surface area contributed by atoms with Gasteiger partial charge >= 0.3 is 0 Å². The van der Waals surface area contributed by atoms with Crippen molar-refractivity contribution in [1.29, 1.82) is 0 Å². The lowest BCUT2D eigenvalue weighted by Gasteiger charge is -2.38. The van der Waals surface area contributed by atoms with Gasteiger partial charge in [0, 0.05) is 24.5 Å². The summed E-state index contributed by atoms with van der Waals surface area (Å²) < 4.78 is 1.89. The lowest BCUT2D eigenvalue weighted by Crippen LogP contribution is -2.55. The number of aryl methyl sites for hydroxylation is 1. The lowest BCUT2D eigenvalue weighted by atomic mass is 9.86. The average molecular weight is 261 g/mol. The summed E-state index contributed by atoms with van der Waals surface area (Å²) in [6, 6.07) is 8.18. The van der Waals surface area contributed by atoms with Crippen LogP contribution < -0.4 is 5.32 Å². The Balaban J connectivity index is 2.24. The molecule has 0 radical (unpaired) electrons. The second-order valence-electron chi connectivity index (χ2n) is 6.13. The molecule has 0 saturated heterocycles. The first kappa shape index (κ1) is 14.0. The molecule has 1 heterocycles. The molecule has 0 unspecified atom stereocenters. The first-order valence-electron chi connectivity index (χ1n) is 6.60. The topological polar surface area (TPSA) is 50.1 Å². The van der Waals surface area contributed by atoms with Crippen molar-refractivity contribution >= 4 is 10.9 Å². The Morgan fingerprint density at radius 1 is 1.21 bits per heavy atom. The van der Waals surface area contributed by atoms with Crippen molar-refractivity contribution in [1.82, 2.24) is 15.1 Å². The molecule has 0 amide bonds. The maximum atomic E-state index is 10.2. The second-order valence-corrected chi connectivity index (χ2v) is 6.13. The predicted molar refractivity (Wildman–Crippen MR) is 77.9 cm³/mol. The zero-order valence-electron chi connectivity index (χ0n) is 12.4. The van der Waals surface area contributed by atoms with Crippen LogP contribution in [0.4, 0.5) is 0 Å². The van der Waals surface area contributed by atoms with Crippen LogP contribution in [0.5, 0.6) is 0 Å². The molecule has 0 aliphatic heterocycles. The van der Waals surface area contributed by atoms with E-state index in [9.17, 15) is 5.11 Å². The van der Waals surface area contributed by atoms with Gasteiger partial charge in [0.15, 0.2) is 0 Å². The summed E-state index contributed by atoms with van der Waals surface area (Å²) in [5.41, 5.74) is 0.958. The van der Waals surface area contributed by atoms with Gasteiger partial charge in [-0.25, -0.2) is 0 Å². The van der Waals surface area contributed by atoms with Gasteiger partial charge in [-0.2, -0.15) is 5.10 Å². The van der Waals surface area contributed by atoms with E-state index in [2.05, 4.69) is 22.5 Å². The fraction of sp³-hybridized carbons (Fsp3) is 0.533. The van der Waals surface area contributed by atoms with Crippen molar-refractivity contribution in [2.75, 3.05) is 0 Å². The van der Waals surface area contributed by atoms with Gasteiger partial charge in [-0.15, -0.1) is 0 Å². The second kappa shape index (κ2) is 4.62. The SMILES string of the molecule is Cn1nc(CNC(C)(C)C(C)(C)O)c2ccccc21. The van der Waals surface area contributed by atoms with Gasteiger partial charge in [0.1, 0.15) is 0 Å². The number of fused-ring (bicyclic) bond motifs is 1. The monoisotopic (exact) mass is 261 g/mol. The number of hydrogen-bond donors (Lipinski definition) is 2. The van der Waals surface area contributed by atoms with Gasteiger partial charge in [-0.05, 0) is 33.8 Å². The third-order valence-electron chi connectivity index (χ3n) is 4.06. The summed E-state index contributed by atoms with van der Waals surface area (Å²) in [7, 11) is 1.95.